The number of benzene rings is 2. The van der Waals surface area contributed by atoms with Crippen LogP contribution in [-0.2, 0) is 16.0 Å². The van der Waals surface area contributed by atoms with E-state index in [-0.39, 0.29) is 23.2 Å². The van der Waals surface area contributed by atoms with Gasteiger partial charge in [-0.25, -0.2) is 4.98 Å². The molecule has 3 aromatic rings. The Morgan fingerprint density at radius 3 is 2.42 bits per heavy atom. The SMILES string of the molecule is CC(=O)Oc1c(C)c(C)c2[nH]c(C(C)Oc3ccc(CC4SC(=O)NC4=O)cc3)nc2c1C. The zero-order chi connectivity index (χ0) is 23.9. The van der Waals surface area contributed by atoms with Gasteiger partial charge in [-0.15, -0.1) is 0 Å². The van der Waals surface area contributed by atoms with Crippen molar-refractivity contribution in [2.24, 2.45) is 0 Å². The van der Waals surface area contributed by atoms with E-state index in [2.05, 4.69) is 10.3 Å². The lowest BCUT2D eigenvalue weighted by atomic mass is 10.0. The van der Waals surface area contributed by atoms with Crippen molar-refractivity contribution in [3.8, 4) is 11.5 Å². The quantitative estimate of drug-likeness (QED) is 0.407. The highest BCUT2D eigenvalue weighted by Crippen LogP contribution is 2.35. The predicted molar refractivity (Wildman–Crippen MR) is 126 cm³/mol. The lowest BCUT2D eigenvalue weighted by Gasteiger charge is -2.13. The Morgan fingerprint density at radius 2 is 1.82 bits per heavy atom. The van der Waals surface area contributed by atoms with Gasteiger partial charge in [0, 0.05) is 12.5 Å². The number of hydrogen-bond acceptors (Lipinski definition) is 7. The number of amides is 2. The van der Waals surface area contributed by atoms with Crippen LogP contribution in [0.15, 0.2) is 24.3 Å². The van der Waals surface area contributed by atoms with Gasteiger partial charge >= 0.3 is 5.97 Å². The largest absolute Gasteiger partial charge is 0.483 e. The fourth-order valence-electron chi connectivity index (χ4n) is 3.88. The fourth-order valence-corrected chi connectivity index (χ4v) is 4.74. The van der Waals surface area contributed by atoms with Crippen molar-refractivity contribution in [3.05, 3.63) is 52.3 Å². The highest BCUT2D eigenvalue weighted by Gasteiger charge is 2.31. The number of aromatic nitrogens is 2. The Hall–Kier alpha value is -3.33. The molecular formula is C24H25N3O5S. The fraction of sp³-hybridized carbons (Fsp3) is 0.333. The number of H-pyrrole nitrogens is 1. The van der Waals surface area contributed by atoms with Gasteiger partial charge in [0.15, 0.2) is 6.10 Å². The summed E-state index contributed by atoms with van der Waals surface area (Å²) in [5, 5.41) is 1.60. The number of thioether (sulfide) groups is 1. The number of carbonyl (C=O) groups is 3. The second-order valence-electron chi connectivity index (χ2n) is 8.13. The van der Waals surface area contributed by atoms with E-state index in [0.717, 1.165) is 45.0 Å². The first-order valence-electron chi connectivity index (χ1n) is 10.6. The number of imidazole rings is 1. The maximum atomic E-state index is 11.8. The first kappa shape index (κ1) is 22.8. The molecule has 0 spiro atoms. The molecule has 2 N–H and O–H groups in total. The van der Waals surface area contributed by atoms with Crippen LogP contribution in [-0.4, -0.2) is 32.3 Å². The molecule has 1 fully saturated rings. The van der Waals surface area contributed by atoms with Gasteiger partial charge in [-0.3, -0.25) is 19.7 Å². The minimum Gasteiger partial charge on any atom is -0.483 e. The third-order valence-electron chi connectivity index (χ3n) is 5.75. The van der Waals surface area contributed by atoms with Gasteiger partial charge in [0.25, 0.3) is 5.24 Å². The van der Waals surface area contributed by atoms with Crippen molar-refractivity contribution in [2.75, 3.05) is 0 Å². The van der Waals surface area contributed by atoms with E-state index in [0.29, 0.717) is 23.7 Å². The molecule has 2 aromatic carbocycles. The summed E-state index contributed by atoms with van der Waals surface area (Å²) in [6, 6.07) is 7.46. The molecule has 33 heavy (non-hydrogen) atoms. The monoisotopic (exact) mass is 467 g/mol. The van der Waals surface area contributed by atoms with Crippen LogP contribution in [0.2, 0.25) is 0 Å². The average molecular weight is 468 g/mol. The third-order valence-corrected chi connectivity index (χ3v) is 6.73. The molecule has 2 atom stereocenters. The molecule has 8 nitrogen and oxygen atoms in total. The van der Waals surface area contributed by atoms with Gasteiger partial charge < -0.3 is 14.5 Å². The molecule has 2 amide bonds. The average Bonchev–Trinajstić information content (AvgIpc) is 3.34. The number of esters is 1. The number of imide groups is 1. The third kappa shape index (κ3) is 4.59. The zero-order valence-electron chi connectivity index (χ0n) is 19.1. The van der Waals surface area contributed by atoms with Crippen LogP contribution in [0.5, 0.6) is 11.5 Å². The predicted octanol–water partition coefficient (Wildman–Crippen LogP) is 4.45. The molecule has 9 heteroatoms. The van der Waals surface area contributed by atoms with Gasteiger partial charge in [-0.05, 0) is 62.9 Å². The first-order valence-corrected chi connectivity index (χ1v) is 11.5. The summed E-state index contributed by atoms with van der Waals surface area (Å²) < 4.78 is 11.5. The maximum absolute atomic E-state index is 11.8. The Kier molecular flexibility index (Phi) is 6.16. The van der Waals surface area contributed by atoms with E-state index in [9.17, 15) is 14.4 Å². The molecule has 4 rings (SSSR count). The number of aromatic amines is 1. The van der Waals surface area contributed by atoms with Gasteiger partial charge in [0.05, 0.1) is 16.3 Å². The van der Waals surface area contributed by atoms with Crippen LogP contribution < -0.4 is 14.8 Å². The molecule has 1 saturated heterocycles. The number of aryl methyl sites for hydroxylation is 2. The molecule has 2 heterocycles. The van der Waals surface area contributed by atoms with Crippen molar-refractivity contribution in [2.45, 2.75) is 52.4 Å². The summed E-state index contributed by atoms with van der Waals surface area (Å²) in [6.07, 6.45) is 0.123. The normalized spacial score (nSPS) is 16.7. The molecule has 1 aromatic heterocycles. The van der Waals surface area contributed by atoms with Crippen LogP contribution in [0.4, 0.5) is 4.79 Å². The topological polar surface area (TPSA) is 110 Å². The second kappa shape index (κ2) is 8.90. The number of hydrogen-bond donors (Lipinski definition) is 2. The van der Waals surface area contributed by atoms with E-state index in [4.69, 9.17) is 14.5 Å². The summed E-state index contributed by atoms with van der Waals surface area (Å²) in [6.45, 7) is 9.06. The van der Waals surface area contributed by atoms with E-state index in [1.54, 1.807) is 0 Å². The molecule has 0 saturated carbocycles. The molecule has 1 aliphatic rings. The van der Waals surface area contributed by atoms with Crippen molar-refractivity contribution in [3.63, 3.8) is 0 Å². The number of nitrogens with zero attached hydrogens (tertiary/aromatic N) is 1. The molecule has 0 radical (unpaired) electrons. The molecular weight excluding hydrogens is 442 g/mol. The highest BCUT2D eigenvalue weighted by atomic mass is 32.2. The van der Waals surface area contributed by atoms with Crippen molar-refractivity contribution in [1.82, 2.24) is 15.3 Å². The van der Waals surface area contributed by atoms with Gasteiger partial charge in [-0.1, -0.05) is 23.9 Å². The minimum absolute atomic E-state index is 0.249. The van der Waals surface area contributed by atoms with E-state index < -0.39 is 5.25 Å². The Labute approximate surface area is 195 Å². The zero-order valence-corrected chi connectivity index (χ0v) is 19.9. The van der Waals surface area contributed by atoms with Gasteiger partial charge in [0.1, 0.15) is 17.3 Å². The molecule has 0 bridgehead atoms. The van der Waals surface area contributed by atoms with Crippen molar-refractivity contribution < 1.29 is 23.9 Å². The maximum Gasteiger partial charge on any atom is 0.308 e. The van der Waals surface area contributed by atoms with Crippen LogP contribution in [0, 0.1) is 20.8 Å². The molecule has 0 aliphatic carbocycles. The van der Waals surface area contributed by atoms with Crippen molar-refractivity contribution in [1.29, 1.82) is 0 Å². The summed E-state index contributed by atoms with van der Waals surface area (Å²) in [5.41, 5.74) is 5.25. The number of rotatable bonds is 6. The summed E-state index contributed by atoms with van der Waals surface area (Å²) in [7, 11) is 0. The van der Waals surface area contributed by atoms with Crippen molar-refractivity contribution >= 4 is 39.9 Å². The number of ether oxygens (including phenoxy) is 2. The summed E-state index contributed by atoms with van der Waals surface area (Å²) in [4.78, 5) is 42.7. The highest BCUT2D eigenvalue weighted by molar-refractivity contribution is 8.15. The number of carbonyl (C=O) groups excluding carboxylic acids is 3. The summed E-state index contributed by atoms with van der Waals surface area (Å²) >= 11 is 1.02. The lowest BCUT2D eigenvalue weighted by molar-refractivity contribution is -0.132. The van der Waals surface area contributed by atoms with Crippen LogP contribution in [0.1, 0.15) is 48.0 Å². The Balaban J connectivity index is 1.52. The minimum atomic E-state index is -0.398. The van der Waals surface area contributed by atoms with Gasteiger partial charge in [0.2, 0.25) is 5.91 Å². The van der Waals surface area contributed by atoms with Gasteiger partial charge in [-0.2, -0.15) is 0 Å². The number of fused-ring (bicyclic) bond motifs is 1. The standard InChI is InChI=1S/C24H25N3O5S/c1-11-12(2)21(32-15(5)28)13(3)20-19(11)25-22(26-20)14(4)31-17-8-6-16(7-9-17)10-18-23(29)27-24(30)33-18/h6-9,14,18H,10H2,1-5H3,(H,25,26)(H,27,29,30). The van der Waals surface area contributed by atoms with Crippen LogP contribution >= 0.6 is 11.8 Å². The van der Waals surface area contributed by atoms with E-state index in [1.165, 1.54) is 6.92 Å². The lowest BCUT2D eigenvalue weighted by Crippen LogP contribution is -2.25. The first-order chi connectivity index (χ1) is 15.6. The van der Waals surface area contributed by atoms with Crippen LogP contribution in [0.25, 0.3) is 11.0 Å². The smallest absolute Gasteiger partial charge is 0.308 e. The molecule has 172 valence electrons. The van der Waals surface area contributed by atoms with Crippen LogP contribution in [0.3, 0.4) is 0 Å². The summed E-state index contributed by atoms with van der Waals surface area (Å²) in [5.74, 6) is 1.26. The Morgan fingerprint density at radius 1 is 1.12 bits per heavy atom. The number of nitrogens with one attached hydrogen (secondary N) is 2. The molecule has 1 aliphatic heterocycles. The molecule has 2 unspecified atom stereocenters. The second-order valence-corrected chi connectivity index (χ2v) is 9.31. The van der Waals surface area contributed by atoms with E-state index in [1.807, 2.05) is 52.0 Å². The Bertz CT molecular complexity index is 1270. The van der Waals surface area contributed by atoms with E-state index >= 15 is 0 Å².